The Hall–Kier alpha value is -2.13. The predicted octanol–water partition coefficient (Wildman–Crippen LogP) is 1.20. The topological polar surface area (TPSA) is 113 Å². The zero-order valence-electron chi connectivity index (χ0n) is 14.0. The number of benzene rings is 1. The monoisotopic (exact) mass is 368 g/mol. The molecule has 1 saturated heterocycles. The van der Waals surface area contributed by atoms with E-state index in [1.807, 2.05) is 0 Å². The van der Waals surface area contributed by atoms with Crippen LogP contribution in [0.15, 0.2) is 17.0 Å². The van der Waals surface area contributed by atoms with Gasteiger partial charge < -0.3 is 15.2 Å². The number of aliphatic carboxylic acids is 1. The molecule has 3 rings (SSSR count). The van der Waals surface area contributed by atoms with E-state index in [1.54, 1.807) is 19.9 Å². The molecule has 0 spiro atoms. The van der Waals surface area contributed by atoms with Crippen molar-refractivity contribution in [2.24, 2.45) is 5.92 Å². The van der Waals surface area contributed by atoms with Crippen LogP contribution in [-0.2, 0) is 19.6 Å². The number of carboxylic acid groups (broad SMARTS) is 1. The number of nitrogens with one attached hydrogen (secondary N) is 1. The number of rotatable bonds is 3. The Morgan fingerprint density at radius 2 is 1.96 bits per heavy atom. The molecule has 9 heteroatoms. The van der Waals surface area contributed by atoms with E-state index in [2.05, 4.69) is 5.32 Å². The summed E-state index contributed by atoms with van der Waals surface area (Å²) in [5.74, 6) is -1.36. The number of anilines is 1. The number of hydrogen-bond donors (Lipinski definition) is 2. The van der Waals surface area contributed by atoms with Crippen molar-refractivity contribution in [3.05, 3.63) is 17.7 Å². The number of nitrogens with zero attached hydrogens (tertiary/aromatic N) is 1. The first-order chi connectivity index (χ1) is 11.7. The third kappa shape index (κ3) is 3.21. The standard InChI is InChI=1S/C16H20N2O6S/c1-9-7-12-13(24-10(2)15(19)17-12)8-14(9)25(22,23)18-5-3-11(4-6-18)16(20)21/h7-8,10-11H,3-6H2,1-2H3,(H,17,19)(H,20,21). The highest BCUT2D eigenvalue weighted by Crippen LogP contribution is 2.36. The van der Waals surface area contributed by atoms with E-state index >= 15 is 0 Å². The van der Waals surface area contributed by atoms with Crippen LogP contribution >= 0.6 is 0 Å². The first kappa shape index (κ1) is 17.7. The summed E-state index contributed by atoms with van der Waals surface area (Å²) in [7, 11) is -3.76. The van der Waals surface area contributed by atoms with E-state index in [-0.39, 0.29) is 23.9 Å². The zero-order chi connectivity index (χ0) is 18.4. The molecule has 2 heterocycles. The number of carbonyl (C=O) groups is 2. The van der Waals surface area contributed by atoms with Crippen molar-refractivity contribution in [1.82, 2.24) is 4.31 Å². The van der Waals surface area contributed by atoms with Gasteiger partial charge in [-0.2, -0.15) is 4.31 Å². The maximum absolute atomic E-state index is 13.0. The maximum Gasteiger partial charge on any atom is 0.306 e. The van der Waals surface area contributed by atoms with Crippen LogP contribution in [0, 0.1) is 12.8 Å². The second-order valence-corrected chi connectivity index (χ2v) is 8.29. The lowest BCUT2D eigenvalue weighted by molar-refractivity contribution is -0.143. The van der Waals surface area contributed by atoms with Crippen molar-refractivity contribution in [3.8, 4) is 5.75 Å². The number of carbonyl (C=O) groups excluding carboxylic acids is 1. The molecule has 2 N–H and O–H groups in total. The van der Waals surface area contributed by atoms with E-state index in [0.29, 0.717) is 29.8 Å². The number of aryl methyl sites for hydroxylation is 1. The second kappa shape index (κ2) is 6.30. The number of ether oxygens (including phenoxy) is 1. The molecular weight excluding hydrogens is 348 g/mol. The van der Waals surface area contributed by atoms with Crippen molar-refractivity contribution in [1.29, 1.82) is 0 Å². The summed E-state index contributed by atoms with van der Waals surface area (Å²) in [6.07, 6.45) is -0.110. The molecule has 1 aromatic rings. The summed E-state index contributed by atoms with van der Waals surface area (Å²) in [6.45, 7) is 3.58. The Morgan fingerprint density at radius 3 is 2.56 bits per heavy atom. The van der Waals surface area contributed by atoms with Gasteiger partial charge in [0.25, 0.3) is 5.91 Å². The molecule has 2 aliphatic rings. The number of carboxylic acids is 1. The molecule has 0 bridgehead atoms. The SMILES string of the molecule is Cc1cc2c(cc1S(=O)(=O)N1CCC(C(=O)O)CC1)OC(C)C(=O)N2. The van der Waals surface area contributed by atoms with Crippen molar-refractivity contribution in [2.75, 3.05) is 18.4 Å². The van der Waals surface area contributed by atoms with Crippen LogP contribution in [0.5, 0.6) is 5.75 Å². The minimum absolute atomic E-state index is 0.114. The third-order valence-corrected chi connectivity index (χ3v) is 6.67. The van der Waals surface area contributed by atoms with Gasteiger partial charge in [-0.3, -0.25) is 9.59 Å². The lowest BCUT2D eigenvalue weighted by Gasteiger charge is -2.30. The van der Waals surface area contributed by atoms with Crippen LogP contribution < -0.4 is 10.1 Å². The molecule has 1 atom stereocenters. The molecule has 0 saturated carbocycles. The van der Waals surface area contributed by atoms with Crippen LogP contribution in [0.25, 0.3) is 0 Å². The average molecular weight is 368 g/mol. The third-order valence-electron chi connectivity index (χ3n) is 4.63. The molecule has 8 nitrogen and oxygen atoms in total. The van der Waals surface area contributed by atoms with Gasteiger partial charge >= 0.3 is 5.97 Å². The Balaban J connectivity index is 1.90. The summed E-state index contributed by atoms with van der Waals surface area (Å²) < 4.78 is 32.7. The fraction of sp³-hybridized carbons (Fsp3) is 0.500. The van der Waals surface area contributed by atoms with Crippen molar-refractivity contribution in [3.63, 3.8) is 0 Å². The van der Waals surface area contributed by atoms with E-state index in [4.69, 9.17) is 9.84 Å². The number of piperidine rings is 1. The summed E-state index contributed by atoms with van der Waals surface area (Å²) in [4.78, 5) is 22.8. The normalized spacial score (nSPS) is 22.0. The molecule has 2 aliphatic heterocycles. The minimum atomic E-state index is -3.76. The molecule has 0 aromatic heterocycles. The fourth-order valence-corrected chi connectivity index (χ4v) is 4.79. The van der Waals surface area contributed by atoms with Crippen molar-refractivity contribution in [2.45, 2.75) is 37.7 Å². The molecule has 1 fully saturated rings. The summed E-state index contributed by atoms with van der Waals surface area (Å²) in [5.41, 5.74) is 0.946. The zero-order valence-corrected chi connectivity index (χ0v) is 14.8. The average Bonchev–Trinajstić information content (AvgIpc) is 2.56. The highest BCUT2D eigenvalue weighted by molar-refractivity contribution is 7.89. The predicted molar refractivity (Wildman–Crippen MR) is 89.0 cm³/mol. The first-order valence-corrected chi connectivity index (χ1v) is 9.49. The Kier molecular flexibility index (Phi) is 4.46. The highest BCUT2D eigenvalue weighted by Gasteiger charge is 2.34. The van der Waals surface area contributed by atoms with Crippen LogP contribution in [-0.4, -0.2) is 48.9 Å². The second-order valence-electron chi connectivity index (χ2n) is 6.38. The van der Waals surface area contributed by atoms with Gasteiger partial charge in [-0.25, -0.2) is 8.42 Å². The lowest BCUT2D eigenvalue weighted by Crippen LogP contribution is -2.40. The summed E-state index contributed by atoms with van der Waals surface area (Å²) in [5, 5.41) is 11.7. The molecule has 1 unspecified atom stereocenters. The van der Waals surface area contributed by atoms with Crippen molar-refractivity contribution < 1.29 is 27.9 Å². The quantitative estimate of drug-likeness (QED) is 0.829. The minimum Gasteiger partial charge on any atom is -0.481 e. The highest BCUT2D eigenvalue weighted by atomic mass is 32.2. The van der Waals surface area contributed by atoms with Gasteiger partial charge in [-0.05, 0) is 38.3 Å². The van der Waals surface area contributed by atoms with Gasteiger partial charge in [0.1, 0.15) is 5.75 Å². The number of hydrogen-bond acceptors (Lipinski definition) is 5. The number of sulfonamides is 1. The lowest BCUT2D eigenvalue weighted by atomic mass is 9.99. The van der Waals surface area contributed by atoms with Gasteiger partial charge in [0.2, 0.25) is 10.0 Å². The summed E-state index contributed by atoms with van der Waals surface area (Å²) >= 11 is 0. The van der Waals surface area contributed by atoms with Gasteiger partial charge in [0, 0.05) is 19.2 Å². The molecule has 136 valence electrons. The Labute approximate surface area is 145 Å². The van der Waals surface area contributed by atoms with Crippen LogP contribution in [0.3, 0.4) is 0 Å². The van der Waals surface area contributed by atoms with Crippen LogP contribution in [0.2, 0.25) is 0 Å². The number of amides is 1. The van der Waals surface area contributed by atoms with E-state index < -0.39 is 28.0 Å². The van der Waals surface area contributed by atoms with Crippen molar-refractivity contribution >= 4 is 27.6 Å². The smallest absolute Gasteiger partial charge is 0.306 e. The molecule has 25 heavy (non-hydrogen) atoms. The molecule has 1 amide bonds. The van der Waals surface area contributed by atoms with Crippen LogP contribution in [0.4, 0.5) is 5.69 Å². The molecule has 0 aliphatic carbocycles. The fourth-order valence-electron chi connectivity index (χ4n) is 3.10. The Morgan fingerprint density at radius 1 is 1.32 bits per heavy atom. The summed E-state index contributed by atoms with van der Waals surface area (Å²) in [6, 6.07) is 3.01. The van der Waals surface area contributed by atoms with Gasteiger partial charge in [-0.15, -0.1) is 0 Å². The van der Waals surface area contributed by atoms with Gasteiger partial charge in [0.05, 0.1) is 16.5 Å². The number of fused-ring (bicyclic) bond motifs is 1. The van der Waals surface area contributed by atoms with E-state index in [9.17, 15) is 18.0 Å². The van der Waals surface area contributed by atoms with Gasteiger partial charge in [0.15, 0.2) is 6.10 Å². The molecular formula is C16H20N2O6S. The Bertz CT molecular complexity index is 827. The maximum atomic E-state index is 13.0. The van der Waals surface area contributed by atoms with E-state index in [0.717, 1.165) is 0 Å². The van der Waals surface area contributed by atoms with Gasteiger partial charge in [-0.1, -0.05) is 0 Å². The molecule has 1 aromatic carbocycles. The largest absolute Gasteiger partial charge is 0.481 e. The molecule has 0 radical (unpaired) electrons. The van der Waals surface area contributed by atoms with E-state index in [1.165, 1.54) is 10.4 Å². The first-order valence-electron chi connectivity index (χ1n) is 8.05. The van der Waals surface area contributed by atoms with Crippen LogP contribution in [0.1, 0.15) is 25.3 Å².